The normalized spacial score (nSPS) is 10.0. The van der Waals surface area contributed by atoms with Gasteiger partial charge >= 0.3 is 0 Å². The molecule has 9 heavy (non-hydrogen) atoms. The number of H-pyrrole nitrogens is 2. The van der Waals surface area contributed by atoms with Crippen LogP contribution in [-0.4, -0.2) is 10.2 Å². The lowest BCUT2D eigenvalue weighted by Gasteiger charge is -1.87. The first kappa shape index (κ1) is 6.55. The summed E-state index contributed by atoms with van der Waals surface area (Å²) in [5.74, 6) is 0. The van der Waals surface area contributed by atoms with Crippen molar-refractivity contribution in [2.24, 2.45) is 0 Å². The lowest BCUT2D eigenvalue weighted by Crippen LogP contribution is -1.81. The summed E-state index contributed by atoms with van der Waals surface area (Å²) in [4.78, 5) is 0. The second-order valence-corrected chi connectivity index (χ2v) is 2.44. The molecule has 0 saturated heterocycles. The highest BCUT2D eigenvalue weighted by Crippen LogP contribution is 2.04. The maximum atomic E-state index is 4.95. The third-order valence-electron chi connectivity index (χ3n) is 1.47. The van der Waals surface area contributed by atoms with Gasteiger partial charge in [0.2, 0.25) is 0 Å². The van der Waals surface area contributed by atoms with Gasteiger partial charge in [-0.25, -0.2) is 0 Å². The summed E-state index contributed by atoms with van der Waals surface area (Å²) in [7, 11) is 0. The Bertz CT molecular complexity index is 246. The Hall–Kier alpha value is -0.570. The van der Waals surface area contributed by atoms with E-state index in [9.17, 15) is 0 Å². The number of hydrogen-bond acceptors (Lipinski definition) is 1. The molecule has 0 unspecified atom stereocenters. The topological polar surface area (TPSA) is 31.6 Å². The largest absolute Gasteiger partial charge is 0.304 e. The van der Waals surface area contributed by atoms with E-state index in [4.69, 9.17) is 12.2 Å². The van der Waals surface area contributed by atoms with E-state index in [0.29, 0.717) is 0 Å². The molecule has 0 fully saturated rings. The van der Waals surface area contributed by atoms with Crippen LogP contribution < -0.4 is 0 Å². The van der Waals surface area contributed by atoms with Crippen molar-refractivity contribution in [1.82, 2.24) is 10.2 Å². The molecule has 0 saturated carbocycles. The van der Waals surface area contributed by atoms with Gasteiger partial charge in [0.05, 0.1) is 0 Å². The van der Waals surface area contributed by atoms with Crippen molar-refractivity contribution in [3.63, 3.8) is 0 Å². The Kier molecular flexibility index (Phi) is 1.71. The minimum atomic E-state index is 0.826. The molecule has 0 amide bonds. The third kappa shape index (κ3) is 1.05. The van der Waals surface area contributed by atoms with Crippen LogP contribution in [-0.2, 0) is 6.42 Å². The fourth-order valence-corrected chi connectivity index (χ4v) is 0.985. The van der Waals surface area contributed by atoms with Crippen molar-refractivity contribution in [3.8, 4) is 0 Å². The van der Waals surface area contributed by atoms with E-state index in [1.807, 2.05) is 6.92 Å². The lowest BCUT2D eigenvalue weighted by atomic mass is 10.2. The van der Waals surface area contributed by atoms with Gasteiger partial charge in [0.1, 0.15) is 4.64 Å². The monoisotopic (exact) mass is 142 g/mol. The molecule has 50 valence electrons. The van der Waals surface area contributed by atoms with Gasteiger partial charge in [-0.15, -0.1) is 0 Å². The number of aryl methyl sites for hydroxylation is 1. The van der Waals surface area contributed by atoms with Crippen LogP contribution in [0, 0.1) is 11.6 Å². The predicted molar refractivity (Wildman–Crippen MR) is 40.1 cm³/mol. The molecular formula is C6H10N2S. The highest BCUT2D eigenvalue weighted by molar-refractivity contribution is 7.71. The lowest BCUT2D eigenvalue weighted by molar-refractivity contribution is 0.966. The molecule has 1 aromatic heterocycles. The van der Waals surface area contributed by atoms with E-state index in [1.54, 1.807) is 0 Å². The average Bonchev–Trinajstić information content (AvgIpc) is 2.15. The molecule has 1 aromatic rings. The van der Waals surface area contributed by atoms with E-state index in [1.165, 1.54) is 11.3 Å². The van der Waals surface area contributed by atoms with Crippen molar-refractivity contribution in [2.45, 2.75) is 20.3 Å². The van der Waals surface area contributed by atoms with Crippen molar-refractivity contribution in [1.29, 1.82) is 0 Å². The molecule has 2 N–H and O–H groups in total. The predicted octanol–water partition coefficient (Wildman–Crippen LogP) is 1.94. The highest BCUT2D eigenvalue weighted by atomic mass is 32.1. The number of rotatable bonds is 1. The first-order valence-corrected chi connectivity index (χ1v) is 3.42. The smallest absolute Gasteiger partial charge is 0.122 e. The highest BCUT2D eigenvalue weighted by Gasteiger charge is 1.96. The second-order valence-electron chi connectivity index (χ2n) is 2.04. The Morgan fingerprint density at radius 2 is 2.11 bits per heavy atom. The number of nitrogens with one attached hydrogen (secondary N) is 2. The molecule has 0 aliphatic carbocycles. The van der Waals surface area contributed by atoms with E-state index in [2.05, 4.69) is 17.1 Å². The SMILES string of the molecule is CCc1[nH][nH]c(=S)c1C. The molecule has 0 aromatic carbocycles. The molecule has 0 atom stereocenters. The molecule has 3 heteroatoms. The molecule has 1 rings (SSSR count). The van der Waals surface area contributed by atoms with E-state index in [0.717, 1.165) is 11.1 Å². The maximum absolute atomic E-state index is 4.95. The van der Waals surface area contributed by atoms with Crippen LogP contribution in [0.2, 0.25) is 0 Å². The fraction of sp³-hybridized carbons (Fsp3) is 0.500. The molecule has 0 aliphatic rings. The van der Waals surface area contributed by atoms with Crippen LogP contribution in [0.1, 0.15) is 18.2 Å². The Morgan fingerprint density at radius 1 is 1.44 bits per heavy atom. The summed E-state index contributed by atoms with van der Waals surface area (Å²) in [5.41, 5.74) is 2.38. The first-order chi connectivity index (χ1) is 4.25. The third-order valence-corrected chi connectivity index (χ3v) is 1.88. The maximum Gasteiger partial charge on any atom is 0.122 e. The Labute approximate surface area is 59.3 Å². The average molecular weight is 142 g/mol. The van der Waals surface area contributed by atoms with Gasteiger partial charge in [-0.05, 0) is 13.3 Å². The summed E-state index contributed by atoms with van der Waals surface area (Å²) in [6.07, 6.45) is 1.01. The van der Waals surface area contributed by atoms with Crippen LogP contribution in [0.3, 0.4) is 0 Å². The molecule has 0 radical (unpaired) electrons. The molecule has 1 heterocycles. The van der Waals surface area contributed by atoms with Crippen LogP contribution in [0.5, 0.6) is 0 Å². The van der Waals surface area contributed by atoms with Crippen LogP contribution in [0.4, 0.5) is 0 Å². The minimum Gasteiger partial charge on any atom is -0.304 e. The summed E-state index contributed by atoms with van der Waals surface area (Å²) >= 11 is 4.95. The second kappa shape index (κ2) is 2.35. The zero-order valence-electron chi connectivity index (χ0n) is 5.62. The zero-order valence-corrected chi connectivity index (χ0v) is 6.43. The molecule has 0 bridgehead atoms. The van der Waals surface area contributed by atoms with Crippen molar-refractivity contribution in [3.05, 3.63) is 15.9 Å². The first-order valence-electron chi connectivity index (χ1n) is 3.01. The minimum absolute atomic E-state index is 0.826. The van der Waals surface area contributed by atoms with Crippen LogP contribution >= 0.6 is 12.2 Å². The summed E-state index contributed by atoms with van der Waals surface area (Å²) in [6.45, 7) is 4.12. The van der Waals surface area contributed by atoms with Gasteiger partial charge in [-0.1, -0.05) is 19.1 Å². The van der Waals surface area contributed by atoms with E-state index in [-0.39, 0.29) is 0 Å². The van der Waals surface area contributed by atoms with Crippen LogP contribution in [0.15, 0.2) is 0 Å². The number of aromatic amines is 2. The van der Waals surface area contributed by atoms with Crippen molar-refractivity contribution >= 4 is 12.2 Å². The summed E-state index contributed by atoms with van der Waals surface area (Å²) in [5, 5.41) is 5.87. The van der Waals surface area contributed by atoms with Gasteiger partial charge in [0.15, 0.2) is 0 Å². The Balaban J connectivity index is 3.20. The number of aromatic nitrogens is 2. The molecular weight excluding hydrogens is 132 g/mol. The summed E-state index contributed by atoms with van der Waals surface area (Å²) in [6, 6.07) is 0. The van der Waals surface area contributed by atoms with Gasteiger partial charge in [-0.2, -0.15) is 0 Å². The van der Waals surface area contributed by atoms with E-state index >= 15 is 0 Å². The van der Waals surface area contributed by atoms with Gasteiger partial charge in [-0.3, -0.25) is 5.10 Å². The molecule has 0 spiro atoms. The zero-order chi connectivity index (χ0) is 6.85. The van der Waals surface area contributed by atoms with E-state index < -0.39 is 0 Å². The number of hydrogen-bond donors (Lipinski definition) is 2. The standard InChI is InChI=1S/C6H10N2S/c1-3-5-4(2)6(9)8-7-5/h3H2,1-2H3,(H2,7,8,9). The fourth-order valence-electron chi connectivity index (χ4n) is 0.810. The van der Waals surface area contributed by atoms with Gasteiger partial charge < -0.3 is 5.10 Å². The van der Waals surface area contributed by atoms with Crippen molar-refractivity contribution < 1.29 is 0 Å². The van der Waals surface area contributed by atoms with Crippen LogP contribution in [0.25, 0.3) is 0 Å². The van der Waals surface area contributed by atoms with Gasteiger partial charge in [0, 0.05) is 11.3 Å². The summed E-state index contributed by atoms with van der Waals surface area (Å²) < 4.78 is 0.826. The van der Waals surface area contributed by atoms with Gasteiger partial charge in [0.25, 0.3) is 0 Å². The molecule has 2 nitrogen and oxygen atoms in total. The van der Waals surface area contributed by atoms with Crippen molar-refractivity contribution in [2.75, 3.05) is 0 Å². The quantitative estimate of drug-likeness (QED) is 0.577. The Morgan fingerprint density at radius 3 is 2.33 bits per heavy atom. The molecule has 0 aliphatic heterocycles.